The van der Waals surface area contributed by atoms with Crippen LogP contribution in [-0.4, -0.2) is 5.78 Å². The van der Waals surface area contributed by atoms with Crippen LogP contribution in [0.4, 0.5) is 0 Å². The summed E-state index contributed by atoms with van der Waals surface area (Å²) >= 11 is 6.21. The van der Waals surface area contributed by atoms with Crippen molar-refractivity contribution in [1.29, 1.82) is 0 Å². The van der Waals surface area contributed by atoms with E-state index in [2.05, 4.69) is 0 Å². The van der Waals surface area contributed by atoms with E-state index in [9.17, 15) is 4.79 Å². The maximum Gasteiger partial charge on any atom is 0.220 e. The van der Waals surface area contributed by atoms with Gasteiger partial charge in [-0.25, -0.2) is 0 Å². The van der Waals surface area contributed by atoms with Gasteiger partial charge in [0, 0.05) is 5.39 Å². The van der Waals surface area contributed by atoms with Crippen LogP contribution in [0, 0.1) is 0 Å². The number of ketones is 1. The highest BCUT2D eigenvalue weighted by molar-refractivity contribution is 6.33. The van der Waals surface area contributed by atoms with Crippen LogP contribution in [0.25, 0.3) is 11.0 Å². The van der Waals surface area contributed by atoms with Gasteiger partial charge in [0.1, 0.15) is 11.0 Å². The van der Waals surface area contributed by atoms with Crippen molar-refractivity contribution in [3.8, 4) is 0 Å². The molecule has 0 saturated carbocycles. The van der Waals surface area contributed by atoms with Crippen molar-refractivity contribution >= 4 is 28.4 Å². The molecular weight excluding hydrogens is 260 g/mol. The van der Waals surface area contributed by atoms with E-state index in [0.29, 0.717) is 11.3 Å². The summed E-state index contributed by atoms with van der Waals surface area (Å²) in [5.74, 6) is 0.0779. The number of halogens is 1. The standard InChI is InChI=1S/C16H11ClO2/c17-15(11-6-2-1-3-7-11)16(18)14-10-12-8-4-5-9-13(12)19-14/h1-10,15H. The van der Waals surface area contributed by atoms with Crippen molar-refractivity contribution in [1.82, 2.24) is 0 Å². The van der Waals surface area contributed by atoms with Gasteiger partial charge in [-0.05, 0) is 17.7 Å². The third kappa shape index (κ3) is 2.27. The largest absolute Gasteiger partial charge is 0.453 e. The van der Waals surface area contributed by atoms with Crippen LogP contribution >= 0.6 is 11.6 Å². The summed E-state index contributed by atoms with van der Waals surface area (Å²) in [5, 5.41) is 0.185. The number of carbonyl (C=O) groups excluding carboxylic acids is 1. The second-order valence-corrected chi connectivity index (χ2v) is 4.72. The van der Waals surface area contributed by atoms with Gasteiger partial charge in [-0.15, -0.1) is 11.6 Å². The number of fused-ring (bicyclic) bond motifs is 1. The van der Waals surface area contributed by atoms with Gasteiger partial charge in [0.2, 0.25) is 5.78 Å². The molecule has 1 unspecified atom stereocenters. The van der Waals surface area contributed by atoms with Crippen molar-refractivity contribution in [3.05, 3.63) is 72.0 Å². The Hall–Kier alpha value is -2.06. The molecule has 0 aliphatic carbocycles. The Labute approximate surface area is 115 Å². The number of hydrogen-bond donors (Lipinski definition) is 0. The molecule has 0 amide bonds. The summed E-state index contributed by atoms with van der Waals surface area (Å²) in [4.78, 5) is 12.3. The molecule has 3 heteroatoms. The summed E-state index contributed by atoms with van der Waals surface area (Å²) in [7, 11) is 0. The summed E-state index contributed by atoms with van der Waals surface area (Å²) in [6.45, 7) is 0. The van der Waals surface area contributed by atoms with Crippen LogP contribution < -0.4 is 0 Å². The van der Waals surface area contributed by atoms with Crippen LogP contribution in [0.5, 0.6) is 0 Å². The first-order valence-corrected chi connectivity index (χ1v) is 6.41. The number of para-hydroxylation sites is 1. The fraction of sp³-hybridized carbons (Fsp3) is 0.0625. The number of alkyl halides is 1. The fourth-order valence-electron chi connectivity index (χ4n) is 2.00. The fourth-order valence-corrected chi connectivity index (χ4v) is 2.25. The normalized spacial score (nSPS) is 12.5. The molecule has 0 fully saturated rings. The van der Waals surface area contributed by atoms with Crippen LogP contribution in [0.2, 0.25) is 0 Å². The Morgan fingerprint density at radius 3 is 2.42 bits per heavy atom. The highest BCUT2D eigenvalue weighted by atomic mass is 35.5. The second kappa shape index (κ2) is 4.90. The maximum absolute atomic E-state index is 12.3. The maximum atomic E-state index is 12.3. The molecule has 1 heterocycles. The lowest BCUT2D eigenvalue weighted by Crippen LogP contribution is -2.06. The molecule has 0 aliphatic heterocycles. The number of benzene rings is 2. The molecule has 3 aromatic rings. The molecule has 0 radical (unpaired) electrons. The zero-order valence-corrected chi connectivity index (χ0v) is 10.8. The topological polar surface area (TPSA) is 30.2 Å². The quantitative estimate of drug-likeness (QED) is 0.514. The van der Waals surface area contributed by atoms with Gasteiger partial charge in [0.25, 0.3) is 0 Å². The van der Waals surface area contributed by atoms with Crippen molar-refractivity contribution in [2.45, 2.75) is 5.38 Å². The predicted molar refractivity (Wildman–Crippen MR) is 75.6 cm³/mol. The van der Waals surface area contributed by atoms with E-state index in [0.717, 1.165) is 10.9 Å². The molecule has 1 aromatic heterocycles. The number of hydrogen-bond acceptors (Lipinski definition) is 2. The van der Waals surface area contributed by atoms with Crippen molar-refractivity contribution in [3.63, 3.8) is 0 Å². The van der Waals surface area contributed by atoms with Crippen molar-refractivity contribution in [2.75, 3.05) is 0 Å². The van der Waals surface area contributed by atoms with E-state index >= 15 is 0 Å². The molecule has 3 rings (SSSR count). The van der Waals surface area contributed by atoms with Gasteiger partial charge >= 0.3 is 0 Å². The Balaban J connectivity index is 1.95. The molecule has 1 atom stereocenters. The predicted octanol–water partition coefficient (Wildman–Crippen LogP) is 4.60. The molecule has 0 aliphatic rings. The molecule has 0 N–H and O–H groups in total. The molecule has 19 heavy (non-hydrogen) atoms. The first-order valence-electron chi connectivity index (χ1n) is 5.97. The third-order valence-corrected chi connectivity index (χ3v) is 3.44. The average Bonchev–Trinajstić information content (AvgIpc) is 2.90. The van der Waals surface area contributed by atoms with E-state index in [1.807, 2.05) is 54.6 Å². The van der Waals surface area contributed by atoms with Gasteiger partial charge in [-0.1, -0.05) is 48.5 Å². The van der Waals surface area contributed by atoms with Crippen molar-refractivity contribution in [2.24, 2.45) is 0 Å². The monoisotopic (exact) mass is 270 g/mol. The van der Waals surface area contributed by atoms with E-state index < -0.39 is 5.38 Å². The number of rotatable bonds is 3. The third-order valence-electron chi connectivity index (χ3n) is 2.99. The van der Waals surface area contributed by atoms with Gasteiger partial charge in [-0.3, -0.25) is 4.79 Å². The minimum Gasteiger partial charge on any atom is -0.453 e. The molecule has 0 bridgehead atoms. The average molecular weight is 271 g/mol. The second-order valence-electron chi connectivity index (χ2n) is 4.29. The molecule has 2 nitrogen and oxygen atoms in total. The van der Waals surface area contributed by atoms with E-state index in [4.69, 9.17) is 16.0 Å². The van der Waals surface area contributed by atoms with Crippen LogP contribution in [0.15, 0.2) is 65.1 Å². The minimum absolute atomic E-state index is 0.218. The van der Waals surface area contributed by atoms with Gasteiger partial charge < -0.3 is 4.42 Å². The van der Waals surface area contributed by atoms with Gasteiger partial charge in [-0.2, -0.15) is 0 Å². The zero-order chi connectivity index (χ0) is 13.2. The highest BCUT2D eigenvalue weighted by Crippen LogP contribution is 2.28. The van der Waals surface area contributed by atoms with Gasteiger partial charge in [0.15, 0.2) is 5.76 Å². The van der Waals surface area contributed by atoms with E-state index in [1.165, 1.54) is 0 Å². The first-order chi connectivity index (χ1) is 9.25. The molecule has 0 spiro atoms. The Bertz CT molecular complexity index is 683. The van der Waals surface area contributed by atoms with Crippen LogP contribution in [0.3, 0.4) is 0 Å². The number of Topliss-reactive ketones (excluding diaryl/α,β-unsaturated/α-hetero) is 1. The highest BCUT2D eigenvalue weighted by Gasteiger charge is 2.22. The molecular formula is C16H11ClO2. The summed E-state index contributed by atoms with van der Waals surface area (Å²) in [5.41, 5.74) is 1.47. The zero-order valence-electron chi connectivity index (χ0n) is 10.0. The smallest absolute Gasteiger partial charge is 0.220 e. The number of furan rings is 1. The van der Waals surface area contributed by atoms with E-state index in [1.54, 1.807) is 6.07 Å². The summed E-state index contributed by atoms with van der Waals surface area (Å²) in [6.07, 6.45) is 0. The number of carbonyl (C=O) groups is 1. The van der Waals surface area contributed by atoms with Crippen LogP contribution in [-0.2, 0) is 0 Å². The minimum atomic E-state index is -0.721. The lowest BCUT2D eigenvalue weighted by molar-refractivity contribution is 0.0962. The Kier molecular flexibility index (Phi) is 3.10. The lowest BCUT2D eigenvalue weighted by Gasteiger charge is -2.06. The van der Waals surface area contributed by atoms with E-state index in [-0.39, 0.29) is 5.78 Å². The summed E-state index contributed by atoms with van der Waals surface area (Å²) < 4.78 is 5.54. The lowest BCUT2D eigenvalue weighted by atomic mass is 10.1. The van der Waals surface area contributed by atoms with Crippen molar-refractivity contribution < 1.29 is 9.21 Å². The molecule has 0 saturated heterocycles. The Morgan fingerprint density at radius 1 is 1.00 bits per heavy atom. The SMILES string of the molecule is O=C(c1cc2ccccc2o1)C(Cl)c1ccccc1. The molecule has 2 aromatic carbocycles. The molecule has 94 valence electrons. The summed E-state index contributed by atoms with van der Waals surface area (Å²) in [6, 6.07) is 18.5. The Morgan fingerprint density at radius 2 is 1.68 bits per heavy atom. The van der Waals surface area contributed by atoms with Gasteiger partial charge in [0.05, 0.1) is 0 Å². The van der Waals surface area contributed by atoms with Crippen LogP contribution in [0.1, 0.15) is 21.5 Å². The first kappa shape index (κ1) is 12.0.